The van der Waals surface area contributed by atoms with Gasteiger partial charge in [-0.05, 0) is 66.1 Å². The Balaban J connectivity index is 1.48. The highest BCUT2D eigenvalue weighted by Gasteiger charge is 2.13. The summed E-state index contributed by atoms with van der Waals surface area (Å²) in [5.41, 5.74) is 5.46. The van der Waals surface area contributed by atoms with Gasteiger partial charge in [-0.3, -0.25) is 9.59 Å². The molecule has 0 bridgehead atoms. The van der Waals surface area contributed by atoms with Crippen molar-refractivity contribution in [2.45, 2.75) is 13.5 Å². The molecule has 0 aliphatic rings. The van der Waals surface area contributed by atoms with E-state index in [1.165, 1.54) is 6.21 Å². The summed E-state index contributed by atoms with van der Waals surface area (Å²) in [7, 11) is 0. The lowest BCUT2D eigenvalue weighted by atomic mass is 10.2. The van der Waals surface area contributed by atoms with Gasteiger partial charge in [0.25, 0.3) is 0 Å². The molecule has 0 radical (unpaired) electrons. The first-order chi connectivity index (χ1) is 14.5. The number of carbonyl (C=O) groups is 2. The molecule has 0 spiro atoms. The zero-order chi connectivity index (χ0) is 21.3. The highest BCUT2D eigenvalue weighted by molar-refractivity contribution is 9.10. The summed E-state index contributed by atoms with van der Waals surface area (Å²) >= 11 is 3.35. The van der Waals surface area contributed by atoms with Gasteiger partial charge in [0.1, 0.15) is 12.4 Å². The van der Waals surface area contributed by atoms with Crippen molar-refractivity contribution < 1.29 is 14.3 Å². The molecule has 0 fully saturated rings. The number of amides is 2. The molecule has 0 aliphatic carbocycles. The number of nitrogens with zero attached hydrogens (tertiary/aromatic N) is 1. The summed E-state index contributed by atoms with van der Waals surface area (Å²) in [6.45, 7) is 2.32. The second kappa shape index (κ2) is 10.4. The van der Waals surface area contributed by atoms with Gasteiger partial charge in [0.15, 0.2) is 0 Å². The van der Waals surface area contributed by atoms with Crippen LogP contribution in [0.4, 0.5) is 5.69 Å². The Bertz CT molecular complexity index is 1050. The van der Waals surface area contributed by atoms with Crippen LogP contribution in [0, 0.1) is 6.92 Å². The van der Waals surface area contributed by atoms with Crippen LogP contribution in [0.3, 0.4) is 0 Å². The molecular formula is C23H20BrN3O3. The van der Waals surface area contributed by atoms with E-state index in [0.29, 0.717) is 12.3 Å². The fourth-order valence-corrected chi connectivity index (χ4v) is 3.03. The maximum atomic E-state index is 12.0. The second-order valence-corrected chi connectivity index (χ2v) is 7.37. The molecule has 7 heteroatoms. The van der Waals surface area contributed by atoms with E-state index in [-0.39, 0.29) is 0 Å². The van der Waals surface area contributed by atoms with Gasteiger partial charge in [0, 0.05) is 10.2 Å². The van der Waals surface area contributed by atoms with E-state index in [2.05, 4.69) is 31.8 Å². The van der Waals surface area contributed by atoms with Crippen LogP contribution in [0.1, 0.15) is 16.7 Å². The minimum absolute atomic E-state index is 0.483. The summed E-state index contributed by atoms with van der Waals surface area (Å²) in [4.78, 5) is 23.9. The molecule has 0 saturated carbocycles. The number of rotatable bonds is 6. The lowest BCUT2D eigenvalue weighted by molar-refractivity contribution is -0.136. The van der Waals surface area contributed by atoms with Gasteiger partial charge in [0.2, 0.25) is 0 Å². The van der Waals surface area contributed by atoms with E-state index >= 15 is 0 Å². The van der Waals surface area contributed by atoms with Gasteiger partial charge in [0.05, 0.1) is 6.21 Å². The molecule has 2 amide bonds. The third-order valence-corrected chi connectivity index (χ3v) is 4.64. The number of hydrogen-bond acceptors (Lipinski definition) is 4. The number of hydrazone groups is 1. The fourth-order valence-electron chi connectivity index (χ4n) is 2.55. The molecule has 30 heavy (non-hydrogen) atoms. The van der Waals surface area contributed by atoms with Gasteiger partial charge < -0.3 is 10.1 Å². The quantitative estimate of drug-likeness (QED) is 0.321. The highest BCUT2D eigenvalue weighted by atomic mass is 79.9. The first-order valence-electron chi connectivity index (χ1n) is 9.18. The maximum Gasteiger partial charge on any atom is 0.329 e. The Hall–Kier alpha value is -3.45. The zero-order valence-electron chi connectivity index (χ0n) is 16.3. The molecule has 152 valence electrons. The van der Waals surface area contributed by atoms with Gasteiger partial charge >= 0.3 is 11.8 Å². The van der Waals surface area contributed by atoms with E-state index in [4.69, 9.17) is 4.74 Å². The van der Waals surface area contributed by atoms with Crippen LogP contribution in [-0.2, 0) is 16.2 Å². The molecule has 0 saturated heterocycles. The predicted octanol–water partition coefficient (Wildman–Crippen LogP) is 4.43. The average Bonchev–Trinajstić information content (AvgIpc) is 2.75. The number of anilines is 1. The van der Waals surface area contributed by atoms with Crippen molar-refractivity contribution in [3.8, 4) is 5.75 Å². The number of carbonyl (C=O) groups excluding carboxylic acids is 2. The second-order valence-electron chi connectivity index (χ2n) is 6.46. The van der Waals surface area contributed by atoms with Gasteiger partial charge in [-0.25, -0.2) is 5.43 Å². The molecule has 0 unspecified atom stereocenters. The molecule has 3 aromatic rings. The Labute approximate surface area is 183 Å². The van der Waals surface area contributed by atoms with E-state index in [1.54, 1.807) is 24.3 Å². The maximum absolute atomic E-state index is 12.0. The van der Waals surface area contributed by atoms with Crippen molar-refractivity contribution >= 4 is 39.6 Å². The number of benzene rings is 3. The Kier molecular flexibility index (Phi) is 7.34. The van der Waals surface area contributed by atoms with E-state index in [1.807, 2.05) is 55.5 Å². The molecule has 0 heterocycles. The minimum atomic E-state index is -0.851. The van der Waals surface area contributed by atoms with E-state index in [0.717, 1.165) is 26.9 Å². The van der Waals surface area contributed by atoms with Gasteiger partial charge in [-0.15, -0.1) is 0 Å². The first kappa shape index (κ1) is 21.3. The summed E-state index contributed by atoms with van der Waals surface area (Å²) in [6.07, 6.45) is 1.46. The van der Waals surface area contributed by atoms with Crippen molar-refractivity contribution in [3.05, 3.63) is 94.0 Å². The molecule has 0 atom stereocenters. The number of halogens is 1. The zero-order valence-corrected chi connectivity index (χ0v) is 17.8. The monoisotopic (exact) mass is 465 g/mol. The smallest absolute Gasteiger partial charge is 0.329 e. The van der Waals surface area contributed by atoms with Crippen LogP contribution in [0.2, 0.25) is 0 Å². The summed E-state index contributed by atoms with van der Waals surface area (Å²) in [6, 6.07) is 22.5. The van der Waals surface area contributed by atoms with Crippen molar-refractivity contribution in [3.63, 3.8) is 0 Å². The molecule has 3 rings (SSSR count). The van der Waals surface area contributed by atoms with Crippen LogP contribution in [0.25, 0.3) is 0 Å². The summed E-state index contributed by atoms with van der Waals surface area (Å²) in [5.74, 6) is -0.914. The van der Waals surface area contributed by atoms with Crippen LogP contribution >= 0.6 is 15.9 Å². The van der Waals surface area contributed by atoms with Crippen molar-refractivity contribution in [1.29, 1.82) is 0 Å². The summed E-state index contributed by atoms with van der Waals surface area (Å²) in [5, 5.41) is 6.39. The van der Waals surface area contributed by atoms with Gasteiger partial charge in [-0.1, -0.05) is 46.3 Å². The normalized spacial score (nSPS) is 10.6. The lowest BCUT2D eigenvalue weighted by Gasteiger charge is -2.07. The third-order valence-electron chi connectivity index (χ3n) is 4.15. The summed E-state index contributed by atoms with van der Waals surface area (Å²) < 4.78 is 6.62. The topological polar surface area (TPSA) is 79.8 Å². The molecule has 0 aromatic heterocycles. The highest BCUT2D eigenvalue weighted by Crippen LogP contribution is 2.19. The Morgan fingerprint density at radius 1 is 1.00 bits per heavy atom. The predicted molar refractivity (Wildman–Crippen MR) is 120 cm³/mol. The minimum Gasteiger partial charge on any atom is -0.489 e. The number of hydrogen-bond donors (Lipinski definition) is 2. The number of nitrogens with one attached hydrogen (secondary N) is 2. The van der Waals surface area contributed by atoms with Crippen molar-refractivity contribution in [2.75, 3.05) is 5.32 Å². The van der Waals surface area contributed by atoms with E-state index < -0.39 is 11.8 Å². The Morgan fingerprint density at radius 3 is 2.43 bits per heavy atom. The van der Waals surface area contributed by atoms with E-state index in [9.17, 15) is 9.59 Å². The van der Waals surface area contributed by atoms with Crippen molar-refractivity contribution in [2.24, 2.45) is 5.10 Å². The van der Waals surface area contributed by atoms with Crippen LogP contribution < -0.4 is 15.5 Å². The van der Waals surface area contributed by atoms with Gasteiger partial charge in [-0.2, -0.15) is 5.10 Å². The van der Waals surface area contributed by atoms with Crippen molar-refractivity contribution in [1.82, 2.24) is 5.43 Å². The molecule has 0 aliphatic heterocycles. The number of ether oxygens (including phenoxy) is 1. The molecular weight excluding hydrogens is 446 g/mol. The fraction of sp³-hybridized carbons (Fsp3) is 0.0870. The molecule has 3 aromatic carbocycles. The molecule has 2 N–H and O–H groups in total. The van der Waals surface area contributed by atoms with Crippen LogP contribution in [0.5, 0.6) is 5.75 Å². The lowest BCUT2D eigenvalue weighted by Crippen LogP contribution is -2.32. The average molecular weight is 466 g/mol. The Morgan fingerprint density at radius 2 is 1.73 bits per heavy atom. The largest absolute Gasteiger partial charge is 0.489 e. The molecule has 6 nitrogen and oxygen atoms in total. The first-order valence-corrected chi connectivity index (χ1v) is 9.98. The van der Waals surface area contributed by atoms with Crippen LogP contribution in [-0.4, -0.2) is 18.0 Å². The third kappa shape index (κ3) is 6.28. The van der Waals surface area contributed by atoms with Crippen LogP contribution in [0.15, 0.2) is 82.4 Å². The SMILES string of the molecule is Cc1cc(Br)ccc1NC(=O)C(=O)N/N=C/c1ccc(OCc2ccccc2)cc1. The standard InChI is InChI=1S/C23H20BrN3O3/c1-16-13-19(24)9-12-21(16)26-22(28)23(29)27-25-14-17-7-10-20(11-8-17)30-15-18-5-3-2-4-6-18/h2-14H,15H2,1H3,(H,26,28)(H,27,29)/b25-14+. The number of aryl methyl sites for hydroxylation is 1.